The van der Waals surface area contributed by atoms with Crippen LogP contribution in [0.2, 0.25) is 0 Å². The standard InChI is InChI=1S/C18H25N5O/c1-14-10-15(2)23(21-14)12-17-7-3-4-9-22(17)13-18(24)20-16-6-5-8-19-11-16/h5-6,8,10-11,17H,3-4,7,9,12-13H2,1-2H3,(H,20,24)/t17-/m1/s1. The van der Waals surface area contributed by atoms with Gasteiger partial charge in [0.05, 0.1) is 30.7 Å². The number of carbonyl (C=O) groups is 1. The molecule has 24 heavy (non-hydrogen) atoms. The number of hydrogen-bond acceptors (Lipinski definition) is 4. The molecule has 1 aliphatic heterocycles. The molecule has 1 N–H and O–H groups in total. The zero-order chi connectivity index (χ0) is 16.9. The second kappa shape index (κ2) is 7.57. The summed E-state index contributed by atoms with van der Waals surface area (Å²) in [5, 5.41) is 7.49. The van der Waals surface area contributed by atoms with Crippen LogP contribution >= 0.6 is 0 Å². The molecule has 0 aliphatic carbocycles. The first-order valence-electron chi connectivity index (χ1n) is 8.57. The number of hydrogen-bond donors (Lipinski definition) is 1. The van der Waals surface area contributed by atoms with E-state index in [9.17, 15) is 4.79 Å². The minimum atomic E-state index is 0.0169. The molecule has 1 amide bonds. The highest BCUT2D eigenvalue weighted by atomic mass is 16.2. The molecule has 128 valence electrons. The molecule has 1 aliphatic rings. The monoisotopic (exact) mass is 327 g/mol. The lowest BCUT2D eigenvalue weighted by atomic mass is 10.0. The van der Waals surface area contributed by atoms with Gasteiger partial charge >= 0.3 is 0 Å². The number of aryl methyl sites for hydroxylation is 2. The summed E-state index contributed by atoms with van der Waals surface area (Å²) in [7, 11) is 0. The zero-order valence-corrected chi connectivity index (χ0v) is 14.4. The minimum absolute atomic E-state index is 0.0169. The van der Waals surface area contributed by atoms with Crippen LogP contribution in [0.1, 0.15) is 30.7 Å². The van der Waals surface area contributed by atoms with Crippen molar-refractivity contribution in [3.8, 4) is 0 Å². The van der Waals surface area contributed by atoms with Gasteiger partial charge in [0.2, 0.25) is 5.91 Å². The van der Waals surface area contributed by atoms with Crippen LogP contribution in [0.25, 0.3) is 0 Å². The Morgan fingerprint density at radius 2 is 2.25 bits per heavy atom. The minimum Gasteiger partial charge on any atom is -0.324 e. The van der Waals surface area contributed by atoms with E-state index >= 15 is 0 Å². The number of amides is 1. The molecule has 2 aromatic heterocycles. The molecule has 0 spiro atoms. The molecule has 0 unspecified atom stereocenters. The van der Waals surface area contributed by atoms with E-state index in [0.29, 0.717) is 12.6 Å². The Morgan fingerprint density at radius 3 is 2.96 bits per heavy atom. The number of pyridine rings is 1. The topological polar surface area (TPSA) is 63.1 Å². The Labute approximate surface area is 142 Å². The van der Waals surface area contributed by atoms with Crippen LogP contribution in [0.5, 0.6) is 0 Å². The molecular weight excluding hydrogens is 302 g/mol. The van der Waals surface area contributed by atoms with E-state index in [-0.39, 0.29) is 5.91 Å². The van der Waals surface area contributed by atoms with Crippen LogP contribution in [-0.2, 0) is 11.3 Å². The van der Waals surface area contributed by atoms with Gasteiger partial charge in [-0.15, -0.1) is 0 Å². The summed E-state index contributed by atoms with van der Waals surface area (Å²) in [6, 6.07) is 6.13. The lowest BCUT2D eigenvalue weighted by molar-refractivity contribution is -0.118. The van der Waals surface area contributed by atoms with Crippen LogP contribution in [0.4, 0.5) is 5.69 Å². The van der Waals surface area contributed by atoms with Crippen molar-refractivity contribution in [3.05, 3.63) is 42.0 Å². The smallest absolute Gasteiger partial charge is 0.238 e. The number of piperidine rings is 1. The average Bonchev–Trinajstić information content (AvgIpc) is 2.87. The summed E-state index contributed by atoms with van der Waals surface area (Å²) < 4.78 is 2.07. The van der Waals surface area contributed by atoms with Gasteiger partial charge in [-0.1, -0.05) is 6.42 Å². The van der Waals surface area contributed by atoms with Crippen LogP contribution < -0.4 is 5.32 Å². The maximum absolute atomic E-state index is 12.3. The molecule has 1 fully saturated rings. The second-order valence-electron chi connectivity index (χ2n) is 6.52. The normalized spacial score (nSPS) is 18.5. The van der Waals surface area contributed by atoms with E-state index in [0.717, 1.165) is 37.3 Å². The molecular formula is C18H25N5O. The van der Waals surface area contributed by atoms with Gasteiger partial charge < -0.3 is 5.32 Å². The summed E-state index contributed by atoms with van der Waals surface area (Å²) in [5.41, 5.74) is 2.97. The maximum atomic E-state index is 12.3. The molecule has 1 saturated heterocycles. The Hall–Kier alpha value is -2.21. The van der Waals surface area contributed by atoms with Gasteiger partial charge in [0.25, 0.3) is 0 Å². The van der Waals surface area contributed by atoms with Crippen LogP contribution in [0.3, 0.4) is 0 Å². The fraction of sp³-hybridized carbons (Fsp3) is 0.500. The van der Waals surface area contributed by atoms with E-state index in [1.54, 1.807) is 12.4 Å². The molecule has 0 bridgehead atoms. The summed E-state index contributed by atoms with van der Waals surface area (Å²) in [4.78, 5) is 18.7. The van der Waals surface area contributed by atoms with Gasteiger partial charge in [-0.25, -0.2) is 0 Å². The van der Waals surface area contributed by atoms with Gasteiger partial charge in [0, 0.05) is 17.9 Å². The van der Waals surface area contributed by atoms with E-state index in [1.807, 2.05) is 19.1 Å². The van der Waals surface area contributed by atoms with E-state index in [1.165, 1.54) is 12.1 Å². The largest absolute Gasteiger partial charge is 0.324 e. The summed E-state index contributed by atoms with van der Waals surface area (Å²) >= 11 is 0. The molecule has 0 radical (unpaired) electrons. The molecule has 3 heterocycles. The van der Waals surface area contributed by atoms with E-state index in [4.69, 9.17) is 0 Å². The maximum Gasteiger partial charge on any atom is 0.238 e. The predicted molar refractivity (Wildman–Crippen MR) is 93.8 cm³/mol. The van der Waals surface area contributed by atoms with Crippen molar-refractivity contribution in [1.82, 2.24) is 19.7 Å². The number of nitrogens with zero attached hydrogens (tertiary/aromatic N) is 4. The first kappa shape index (κ1) is 16.6. The van der Waals surface area contributed by atoms with Crippen LogP contribution in [0, 0.1) is 13.8 Å². The second-order valence-corrected chi connectivity index (χ2v) is 6.52. The summed E-state index contributed by atoms with van der Waals surface area (Å²) in [5.74, 6) is 0.0169. The highest BCUT2D eigenvalue weighted by Gasteiger charge is 2.25. The van der Waals surface area contributed by atoms with Crippen molar-refractivity contribution < 1.29 is 4.79 Å². The fourth-order valence-corrected chi connectivity index (χ4v) is 3.36. The van der Waals surface area contributed by atoms with Gasteiger partial charge in [0.1, 0.15) is 0 Å². The summed E-state index contributed by atoms with van der Waals surface area (Å²) in [6.45, 7) is 6.33. The molecule has 3 rings (SSSR count). The van der Waals surface area contributed by atoms with Crippen molar-refractivity contribution in [3.63, 3.8) is 0 Å². The SMILES string of the molecule is Cc1cc(C)n(C[C@H]2CCCCN2CC(=O)Nc2cccnc2)n1. The Balaban J connectivity index is 1.61. The van der Waals surface area contributed by atoms with Gasteiger partial charge in [-0.2, -0.15) is 5.10 Å². The van der Waals surface area contributed by atoms with Crippen LogP contribution in [-0.4, -0.2) is 44.7 Å². The Kier molecular flexibility index (Phi) is 5.25. The quantitative estimate of drug-likeness (QED) is 0.916. The van der Waals surface area contributed by atoms with Gasteiger partial charge in [0.15, 0.2) is 0 Å². The molecule has 1 atom stereocenters. The number of carbonyl (C=O) groups excluding carboxylic acids is 1. The predicted octanol–water partition coefficient (Wildman–Crippen LogP) is 2.39. The first-order valence-corrected chi connectivity index (χ1v) is 8.57. The van der Waals surface area contributed by atoms with Crippen molar-refractivity contribution in [1.29, 1.82) is 0 Å². The third-order valence-electron chi connectivity index (χ3n) is 4.53. The molecule has 0 aromatic carbocycles. The molecule has 6 heteroatoms. The molecule has 6 nitrogen and oxygen atoms in total. The van der Waals surface area contributed by atoms with Crippen molar-refractivity contribution >= 4 is 11.6 Å². The third kappa shape index (κ3) is 4.20. The lowest BCUT2D eigenvalue weighted by Crippen LogP contribution is -2.46. The number of nitrogens with one attached hydrogen (secondary N) is 1. The molecule has 2 aromatic rings. The fourth-order valence-electron chi connectivity index (χ4n) is 3.36. The Bertz CT molecular complexity index is 682. The molecule has 0 saturated carbocycles. The highest BCUT2D eigenvalue weighted by Crippen LogP contribution is 2.19. The average molecular weight is 327 g/mol. The highest BCUT2D eigenvalue weighted by molar-refractivity contribution is 5.92. The van der Waals surface area contributed by atoms with Crippen LogP contribution in [0.15, 0.2) is 30.6 Å². The summed E-state index contributed by atoms with van der Waals surface area (Å²) in [6.07, 6.45) is 6.84. The van der Waals surface area contributed by atoms with Gasteiger partial charge in [-0.05, 0) is 51.4 Å². The van der Waals surface area contributed by atoms with E-state index in [2.05, 4.69) is 38.0 Å². The lowest BCUT2D eigenvalue weighted by Gasteiger charge is -2.35. The van der Waals surface area contributed by atoms with Crippen molar-refractivity contribution in [2.75, 3.05) is 18.4 Å². The van der Waals surface area contributed by atoms with E-state index < -0.39 is 0 Å². The number of rotatable bonds is 5. The third-order valence-corrected chi connectivity index (χ3v) is 4.53. The Morgan fingerprint density at radius 1 is 1.38 bits per heavy atom. The van der Waals surface area contributed by atoms with Gasteiger partial charge in [-0.3, -0.25) is 19.4 Å². The number of anilines is 1. The zero-order valence-electron chi connectivity index (χ0n) is 14.4. The first-order chi connectivity index (χ1) is 11.6. The van der Waals surface area contributed by atoms with Crippen molar-refractivity contribution in [2.24, 2.45) is 0 Å². The number of likely N-dealkylation sites (tertiary alicyclic amines) is 1. The number of aromatic nitrogens is 3. The van der Waals surface area contributed by atoms with Crippen molar-refractivity contribution in [2.45, 2.75) is 45.7 Å².